The van der Waals surface area contributed by atoms with Crippen molar-refractivity contribution in [1.82, 2.24) is 10.4 Å². The number of carbonyl (C=O) groups excluding carboxylic acids is 2. The van der Waals surface area contributed by atoms with Gasteiger partial charge in [0.05, 0.1) is 37.5 Å². The van der Waals surface area contributed by atoms with Crippen molar-refractivity contribution >= 4 is 40.7 Å². The summed E-state index contributed by atoms with van der Waals surface area (Å²) in [7, 11) is 0. The van der Waals surface area contributed by atoms with E-state index < -0.39 is 29.7 Å². The number of cyclic esters (lactones) is 1. The standard InChI is InChI=1S/C22H23F2N5O5S/c23-16-9-13(28-12-14(34-22(28)32)11-26-21(25)35)10-17(24)19(16)27-5-6-29(33-8-7-27)20(31)15-3-1-2-4-18(15)30/h1-4,9-10,14,30H,5-8,11-12H2,(H3,25,26,35)/t14-/m0/s1. The zero-order valence-electron chi connectivity index (χ0n) is 18.4. The second-order valence-corrected chi connectivity index (χ2v) is 8.30. The van der Waals surface area contributed by atoms with Crippen LogP contribution in [-0.4, -0.2) is 72.7 Å². The van der Waals surface area contributed by atoms with Crippen molar-refractivity contribution in [3.05, 3.63) is 53.6 Å². The van der Waals surface area contributed by atoms with Gasteiger partial charge >= 0.3 is 6.09 Å². The Morgan fingerprint density at radius 1 is 1.20 bits per heavy atom. The van der Waals surface area contributed by atoms with Gasteiger partial charge in [0, 0.05) is 25.2 Å². The Hall–Kier alpha value is -3.71. The second kappa shape index (κ2) is 10.3. The lowest BCUT2D eigenvalue weighted by Gasteiger charge is -2.24. The van der Waals surface area contributed by atoms with Gasteiger partial charge in [-0.25, -0.2) is 18.6 Å². The van der Waals surface area contributed by atoms with Crippen LogP contribution in [-0.2, 0) is 9.57 Å². The first-order chi connectivity index (χ1) is 16.7. The van der Waals surface area contributed by atoms with Gasteiger partial charge in [0.2, 0.25) is 0 Å². The molecule has 2 fully saturated rings. The minimum atomic E-state index is -0.877. The number of hydroxylamine groups is 2. The van der Waals surface area contributed by atoms with Crippen LogP contribution in [0.1, 0.15) is 10.4 Å². The van der Waals surface area contributed by atoms with E-state index in [1.165, 1.54) is 17.0 Å². The largest absolute Gasteiger partial charge is 0.507 e. The van der Waals surface area contributed by atoms with E-state index in [2.05, 4.69) is 5.32 Å². The number of hydrogen-bond donors (Lipinski definition) is 3. The number of phenolic OH excluding ortho intramolecular Hbond substituents is 1. The number of benzene rings is 2. The molecule has 0 unspecified atom stereocenters. The maximum absolute atomic E-state index is 15.1. The predicted molar refractivity (Wildman–Crippen MR) is 126 cm³/mol. The highest BCUT2D eigenvalue weighted by Crippen LogP contribution is 2.31. The number of phenols is 1. The smallest absolute Gasteiger partial charge is 0.414 e. The summed E-state index contributed by atoms with van der Waals surface area (Å²) in [5.74, 6) is -2.51. The van der Waals surface area contributed by atoms with E-state index in [1.54, 1.807) is 12.1 Å². The highest BCUT2D eigenvalue weighted by Gasteiger charge is 2.34. The van der Waals surface area contributed by atoms with E-state index in [-0.39, 0.29) is 67.1 Å². The number of nitrogens with one attached hydrogen (secondary N) is 1. The van der Waals surface area contributed by atoms with Gasteiger partial charge in [-0.1, -0.05) is 12.1 Å². The number of halogens is 2. The van der Waals surface area contributed by atoms with E-state index in [9.17, 15) is 14.7 Å². The van der Waals surface area contributed by atoms with Gasteiger partial charge < -0.3 is 25.8 Å². The summed E-state index contributed by atoms with van der Waals surface area (Å²) >= 11 is 4.72. The molecule has 2 amide bonds. The second-order valence-electron chi connectivity index (χ2n) is 7.86. The Morgan fingerprint density at radius 3 is 2.60 bits per heavy atom. The third kappa shape index (κ3) is 5.35. The molecule has 0 spiro atoms. The quantitative estimate of drug-likeness (QED) is 0.520. The number of nitrogens with zero attached hydrogens (tertiary/aromatic N) is 3. The molecule has 2 heterocycles. The molecule has 4 N–H and O–H groups in total. The van der Waals surface area contributed by atoms with Crippen molar-refractivity contribution < 1.29 is 33.1 Å². The molecule has 2 aliphatic rings. The Labute approximate surface area is 204 Å². The fourth-order valence-corrected chi connectivity index (χ4v) is 3.97. The molecular weight excluding hydrogens is 484 g/mol. The first-order valence-electron chi connectivity index (χ1n) is 10.7. The molecule has 0 saturated carbocycles. The predicted octanol–water partition coefficient (Wildman–Crippen LogP) is 1.72. The summed E-state index contributed by atoms with van der Waals surface area (Å²) in [5.41, 5.74) is 5.14. The van der Waals surface area contributed by atoms with Crippen molar-refractivity contribution in [3.8, 4) is 5.75 Å². The summed E-state index contributed by atoms with van der Waals surface area (Å²) < 4.78 is 35.3. The van der Waals surface area contributed by atoms with Crippen LogP contribution in [0.3, 0.4) is 0 Å². The van der Waals surface area contributed by atoms with Gasteiger partial charge in [0.15, 0.2) is 16.7 Å². The molecule has 2 aromatic rings. The normalized spacial score (nSPS) is 18.3. The summed E-state index contributed by atoms with van der Waals surface area (Å²) in [6.07, 6.45) is -1.34. The minimum absolute atomic E-state index is 0.00390. The number of rotatable bonds is 5. The molecule has 2 saturated heterocycles. The zero-order chi connectivity index (χ0) is 25.1. The van der Waals surface area contributed by atoms with Crippen LogP contribution < -0.4 is 20.9 Å². The number of thiocarbonyl (C=S) groups is 1. The highest BCUT2D eigenvalue weighted by atomic mass is 32.1. The molecule has 4 rings (SSSR count). The average molecular weight is 508 g/mol. The molecule has 0 radical (unpaired) electrons. The Balaban J connectivity index is 1.46. The molecule has 10 nitrogen and oxygen atoms in total. The van der Waals surface area contributed by atoms with Crippen LogP contribution >= 0.6 is 12.2 Å². The highest BCUT2D eigenvalue weighted by molar-refractivity contribution is 7.80. The summed E-state index contributed by atoms with van der Waals surface area (Å²) in [6, 6.07) is 8.13. The van der Waals surface area contributed by atoms with Crippen LogP contribution in [0.5, 0.6) is 5.75 Å². The number of para-hydroxylation sites is 1. The van der Waals surface area contributed by atoms with Gasteiger partial charge in [-0.3, -0.25) is 14.5 Å². The Bertz CT molecular complexity index is 1130. The summed E-state index contributed by atoms with van der Waals surface area (Å²) in [6.45, 7) is 0.402. The molecular formula is C22H23F2N5O5S. The van der Waals surface area contributed by atoms with Crippen molar-refractivity contribution in [1.29, 1.82) is 0 Å². The number of nitrogens with two attached hydrogens (primary N) is 1. The molecule has 1 atom stereocenters. The summed E-state index contributed by atoms with van der Waals surface area (Å²) in [5, 5.41) is 13.7. The van der Waals surface area contributed by atoms with E-state index >= 15 is 8.78 Å². The number of anilines is 2. The lowest BCUT2D eigenvalue weighted by atomic mass is 10.2. The molecule has 186 valence electrons. The first kappa shape index (κ1) is 24.4. The molecule has 2 aromatic carbocycles. The van der Waals surface area contributed by atoms with Gasteiger partial charge in [0.1, 0.15) is 17.5 Å². The molecule has 0 bridgehead atoms. The van der Waals surface area contributed by atoms with E-state index in [0.29, 0.717) is 0 Å². The van der Waals surface area contributed by atoms with Gasteiger partial charge in [-0.15, -0.1) is 0 Å². The van der Waals surface area contributed by atoms with E-state index in [0.717, 1.165) is 22.1 Å². The maximum Gasteiger partial charge on any atom is 0.414 e. The average Bonchev–Trinajstić information content (AvgIpc) is 3.02. The van der Waals surface area contributed by atoms with Crippen LogP contribution in [0.2, 0.25) is 0 Å². The van der Waals surface area contributed by atoms with E-state index in [4.69, 9.17) is 27.5 Å². The van der Waals surface area contributed by atoms with Crippen molar-refractivity contribution in [3.63, 3.8) is 0 Å². The van der Waals surface area contributed by atoms with Crippen LogP contribution in [0.15, 0.2) is 36.4 Å². The van der Waals surface area contributed by atoms with Crippen LogP contribution in [0.4, 0.5) is 25.0 Å². The first-order valence-corrected chi connectivity index (χ1v) is 11.1. The summed E-state index contributed by atoms with van der Waals surface area (Å²) in [4.78, 5) is 32.9. The zero-order valence-corrected chi connectivity index (χ0v) is 19.3. The number of hydrogen-bond acceptors (Lipinski definition) is 7. The molecule has 35 heavy (non-hydrogen) atoms. The van der Waals surface area contributed by atoms with Crippen molar-refractivity contribution in [2.24, 2.45) is 5.73 Å². The van der Waals surface area contributed by atoms with E-state index in [1.807, 2.05) is 0 Å². The SMILES string of the molecule is NC(=S)NC[C@H]1CN(c2cc(F)c(N3CCON(C(=O)c4ccccc4O)CC3)c(F)c2)C(=O)O1. The number of aromatic hydroxyl groups is 1. The molecule has 0 aliphatic carbocycles. The third-order valence-corrected chi connectivity index (χ3v) is 5.69. The monoisotopic (exact) mass is 507 g/mol. The minimum Gasteiger partial charge on any atom is -0.507 e. The maximum atomic E-state index is 15.1. The Kier molecular flexibility index (Phi) is 7.17. The lowest BCUT2D eigenvalue weighted by molar-refractivity contribution is -0.111. The molecule has 2 aliphatic heterocycles. The number of carbonyl (C=O) groups is 2. The van der Waals surface area contributed by atoms with Crippen molar-refractivity contribution in [2.75, 3.05) is 49.1 Å². The fourth-order valence-electron chi connectivity index (χ4n) is 3.88. The lowest BCUT2D eigenvalue weighted by Crippen LogP contribution is -2.37. The van der Waals surface area contributed by atoms with Gasteiger partial charge in [0.25, 0.3) is 5.91 Å². The Morgan fingerprint density at radius 2 is 1.91 bits per heavy atom. The number of amides is 2. The van der Waals surface area contributed by atoms with Gasteiger partial charge in [-0.2, -0.15) is 0 Å². The van der Waals surface area contributed by atoms with Crippen LogP contribution in [0.25, 0.3) is 0 Å². The third-order valence-electron chi connectivity index (χ3n) is 5.55. The number of ether oxygens (including phenoxy) is 1. The van der Waals surface area contributed by atoms with Gasteiger partial charge in [-0.05, 0) is 24.4 Å². The fraction of sp³-hybridized carbons (Fsp3) is 0.318. The van der Waals surface area contributed by atoms with Crippen molar-refractivity contribution in [2.45, 2.75) is 6.10 Å². The molecule has 0 aromatic heterocycles. The van der Waals surface area contributed by atoms with Crippen LogP contribution in [0, 0.1) is 11.6 Å². The molecule has 13 heteroatoms. The topological polar surface area (TPSA) is 121 Å².